The molecule has 9 aromatic rings. The first-order chi connectivity index (χ1) is 41.0. The number of imide groups is 1. The standard InChI is InChI=1S/C62H40N4O10S9/c67-54-27-36(59(74)63(54)30-56(68)69)25-41-13-16-47(79-41)50-22-19-44(82-50)33-1-7-38(8-2-33)66(39-9-3-34(4-10-39)45-20-23-51(83-45)48-17-14-42(80-48)26-37-28-55(77)64(60(37)75)31-57(70)71)40-11-5-35(6-12-40)46-21-24-52(84-46)49-18-15-43(81-49)29-53-61(76)65(32-58(72)73)62(78)85-53/h1-26,29H,27-28,30-32H2,(H,68,69)(H,70,71)(H,72,73)/b36-25-,37-26+,53-29+. The van der Waals surface area contributed by atoms with E-state index in [-0.39, 0.29) is 28.6 Å². The predicted octanol–water partition coefficient (Wildman–Crippen LogP) is 15.1. The van der Waals surface area contributed by atoms with Gasteiger partial charge in [0.1, 0.15) is 24.0 Å². The molecule has 0 unspecified atom stereocenters. The molecule has 23 heteroatoms. The first kappa shape index (κ1) is 57.3. The van der Waals surface area contributed by atoms with Crippen molar-refractivity contribution in [3.05, 3.63) is 176 Å². The van der Waals surface area contributed by atoms with Gasteiger partial charge in [0.2, 0.25) is 5.91 Å². The summed E-state index contributed by atoms with van der Waals surface area (Å²) in [5, 5.41) is 27.7. The van der Waals surface area contributed by atoms with E-state index in [1.54, 1.807) is 63.6 Å². The van der Waals surface area contributed by atoms with E-state index in [0.29, 0.717) is 15.5 Å². The molecule has 0 spiro atoms. The molecule has 0 saturated carbocycles. The number of benzene rings is 3. The lowest BCUT2D eigenvalue weighted by molar-refractivity contribution is -0.148. The summed E-state index contributed by atoms with van der Waals surface area (Å²) >= 11 is 21.2. The molecule has 0 radical (unpaired) electrons. The van der Waals surface area contributed by atoms with Crippen LogP contribution in [0.15, 0.2) is 162 Å². The van der Waals surface area contributed by atoms with Crippen LogP contribution in [-0.4, -0.2) is 100 Å². The van der Waals surface area contributed by atoms with Crippen molar-refractivity contribution < 1.29 is 48.9 Å². The number of likely N-dealkylation sites (tertiary alicyclic amines) is 2. The zero-order valence-corrected chi connectivity index (χ0v) is 51.1. The molecule has 9 heterocycles. The van der Waals surface area contributed by atoms with Gasteiger partial charge in [-0.2, -0.15) is 0 Å². The first-order valence-corrected chi connectivity index (χ1v) is 32.2. The van der Waals surface area contributed by atoms with Gasteiger partial charge in [-0.15, -0.1) is 68.0 Å². The van der Waals surface area contributed by atoms with Crippen molar-refractivity contribution in [2.75, 3.05) is 24.5 Å². The smallest absolute Gasteiger partial charge is 0.323 e. The molecule has 85 heavy (non-hydrogen) atoms. The van der Waals surface area contributed by atoms with Gasteiger partial charge >= 0.3 is 17.9 Å². The van der Waals surface area contributed by atoms with Crippen molar-refractivity contribution in [3.63, 3.8) is 0 Å². The summed E-state index contributed by atoms with van der Waals surface area (Å²) in [5.74, 6) is -5.38. The predicted molar refractivity (Wildman–Crippen MR) is 350 cm³/mol. The lowest BCUT2D eigenvalue weighted by Crippen LogP contribution is -2.34. The average Bonchev–Trinajstić information content (AvgIpc) is 4.45. The molecule has 14 nitrogen and oxygen atoms in total. The molecule has 422 valence electrons. The Balaban J connectivity index is 0.790. The third-order valence-corrected chi connectivity index (χ3v) is 22.5. The van der Waals surface area contributed by atoms with Gasteiger partial charge in [-0.25, -0.2) is 0 Å². The number of hydrogen-bond acceptors (Lipinski definition) is 17. The second-order valence-electron chi connectivity index (χ2n) is 19.3. The number of thioether (sulfide) groups is 1. The average molecular weight is 1290 g/mol. The maximum Gasteiger partial charge on any atom is 0.323 e. The van der Waals surface area contributed by atoms with E-state index >= 15 is 0 Å². The number of amides is 4. The topological polar surface area (TPSA) is 193 Å². The van der Waals surface area contributed by atoms with Gasteiger partial charge < -0.3 is 20.2 Å². The summed E-state index contributed by atoms with van der Waals surface area (Å²) in [4.78, 5) is 103. The maximum atomic E-state index is 12.9. The minimum absolute atomic E-state index is 0.136. The van der Waals surface area contributed by atoms with E-state index in [0.717, 1.165) is 119 Å². The van der Waals surface area contributed by atoms with E-state index in [1.807, 2.05) is 36.4 Å². The second kappa shape index (κ2) is 24.1. The molecule has 3 N–H and O–H groups in total. The normalized spacial score (nSPS) is 16.0. The molecule has 4 amide bonds. The number of thiophene rings is 6. The Bertz CT molecular complexity index is 3910. The summed E-state index contributed by atoms with van der Waals surface area (Å²) in [7, 11) is 0. The van der Waals surface area contributed by atoms with E-state index in [1.165, 1.54) is 22.7 Å². The number of carboxylic acid groups (broad SMARTS) is 3. The molecular weight excluding hydrogens is 1250 g/mol. The fourth-order valence-electron chi connectivity index (χ4n) is 9.64. The zero-order chi connectivity index (χ0) is 59.2. The number of thiocarbonyl (C=S) groups is 2. The maximum absolute atomic E-state index is 12.9. The molecule has 3 aliphatic rings. The Morgan fingerprint density at radius 2 is 0.753 bits per heavy atom. The van der Waals surface area contributed by atoms with Crippen LogP contribution < -0.4 is 4.90 Å². The largest absolute Gasteiger partial charge is 0.480 e. The Morgan fingerprint density at radius 3 is 1.18 bits per heavy atom. The number of aliphatic carboxylic acids is 3. The van der Waals surface area contributed by atoms with Crippen molar-refractivity contribution in [2.45, 2.75) is 12.8 Å². The number of carboxylic acids is 3. The van der Waals surface area contributed by atoms with Crippen molar-refractivity contribution in [1.82, 2.24) is 14.7 Å². The molecule has 3 aliphatic heterocycles. The Hall–Kier alpha value is -8.10. The number of anilines is 3. The lowest BCUT2D eigenvalue weighted by atomic mass is 10.1. The fourth-order valence-corrected chi connectivity index (χ4v) is 17.5. The molecular formula is C62H40N4O10S9. The Kier molecular flexibility index (Phi) is 16.3. The van der Waals surface area contributed by atoms with Crippen LogP contribution in [0.5, 0.6) is 0 Å². The molecule has 6 aromatic heterocycles. The number of hydrogen-bond donors (Lipinski definition) is 3. The van der Waals surface area contributed by atoms with Gasteiger partial charge in [0, 0.05) is 93.2 Å². The van der Waals surface area contributed by atoms with Crippen LogP contribution in [0.25, 0.3) is 78.8 Å². The summed E-state index contributed by atoms with van der Waals surface area (Å²) in [6.07, 6.45) is 5.31. The van der Waals surface area contributed by atoms with E-state index < -0.39 is 55.3 Å². The van der Waals surface area contributed by atoms with Gasteiger partial charge in [0.15, 0.2) is 0 Å². The molecule has 3 saturated heterocycles. The third-order valence-electron chi connectivity index (χ3n) is 13.6. The van der Waals surface area contributed by atoms with Crippen LogP contribution in [-0.2, 0) is 33.6 Å². The highest BCUT2D eigenvalue weighted by Crippen LogP contribution is 2.45. The highest BCUT2D eigenvalue weighted by Gasteiger charge is 2.36. The van der Waals surface area contributed by atoms with Gasteiger partial charge in [0.05, 0.1) is 16.3 Å². The zero-order valence-electron chi connectivity index (χ0n) is 43.8. The third kappa shape index (κ3) is 12.3. The monoisotopic (exact) mass is 1290 g/mol. The molecule has 3 fully saturated rings. The van der Waals surface area contributed by atoms with Crippen LogP contribution in [0.1, 0.15) is 27.5 Å². The number of carbonyl (C=O) groups excluding carboxylic acids is 4. The number of carbonyl (C=O) groups is 7. The second-order valence-corrected chi connectivity index (χ2v) is 28.0. The van der Waals surface area contributed by atoms with Gasteiger partial charge in [-0.3, -0.25) is 48.3 Å². The summed E-state index contributed by atoms with van der Waals surface area (Å²) in [6.45, 7) is -1.59. The van der Waals surface area contributed by atoms with Crippen LogP contribution in [0.2, 0.25) is 0 Å². The summed E-state index contributed by atoms with van der Waals surface area (Å²) in [5.41, 5.74) is 6.67. The lowest BCUT2D eigenvalue weighted by Gasteiger charge is -2.26. The van der Waals surface area contributed by atoms with E-state index in [2.05, 4.69) is 114 Å². The number of nitrogens with zero attached hydrogens (tertiary/aromatic N) is 4. The Morgan fingerprint density at radius 1 is 0.412 bits per heavy atom. The highest BCUT2D eigenvalue weighted by atomic mass is 32.2. The molecule has 0 bridgehead atoms. The van der Waals surface area contributed by atoms with Crippen molar-refractivity contribution in [1.29, 1.82) is 0 Å². The van der Waals surface area contributed by atoms with Crippen molar-refractivity contribution >= 4 is 190 Å². The Labute approximate surface area is 523 Å². The quantitative estimate of drug-likeness (QED) is 0.0417. The molecule has 12 rings (SSSR count). The van der Waals surface area contributed by atoms with Gasteiger partial charge in [-0.1, -0.05) is 72.6 Å². The van der Waals surface area contributed by atoms with Crippen LogP contribution in [0, 0.1) is 0 Å². The highest BCUT2D eigenvalue weighted by molar-refractivity contribution is 8.26. The van der Waals surface area contributed by atoms with Gasteiger partial charge in [-0.05, 0) is 144 Å². The number of rotatable bonds is 18. The summed E-state index contributed by atoms with van der Waals surface area (Å²) < 4.78 is 0.223. The minimum atomic E-state index is -1.25. The van der Waals surface area contributed by atoms with Gasteiger partial charge in [0.25, 0.3) is 17.7 Å². The van der Waals surface area contributed by atoms with Crippen molar-refractivity contribution in [3.8, 4) is 60.6 Å². The van der Waals surface area contributed by atoms with Crippen LogP contribution in [0.4, 0.5) is 17.1 Å². The van der Waals surface area contributed by atoms with Crippen LogP contribution in [0.3, 0.4) is 0 Å². The van der Waals surface area contributed by atoms with E-state index in [4.69, 9.17) is 29.5 Å². The summed E-state index contributed by atoms with van der Waals surface area (Å²) in [6, 6.07) is 49.7. The SMILES string of the molecule is O=C(O)CN1C(=O)C/C(=C/c2ccc(-c3ccc(-c4ccc(N(c5ccc(-c6ccc(-c7ccc(/C=C8\CC(=S)N(CC(=O)O)C8=O)s7)s6)cc5)c5ccc(-c6ccc(-c7ccc(/C=C8/SC(=S)N(CC(=O)O)C8=O)s7)s6)cc5)cc4)s3)s2)C1=O. The molecule has 0 aliphatic carbocycles. The molecule has 0 atom stereocenters. The van der Waals surface area contributed by atoms with E-state index in [9.17, 15) is 43.8 Å². The fraction of sp³-hybridized carbons (Fsp3) is 0.0806. The molecule has 3 aromatic carbocycles. The van der Waals surface area contributed by atoms with Crippen molar-refractivity contribution in [2.24, 2.45) is 0 Å². The first-order valence-electron chi connectivity index (χ1n) is 25.7. The van der Waals surface area contributed by atoms with Crippen LogP contribution >= 0.6 is 104 Å². The minimum Gasteiger partial charge on any atom is -0.480 e.